The Hall–Kier alpha value is -1.47. The summed E-state index contributed by atoms with van der Waals surface area (Å²) in [5.74, 6) is -2.32. The fraction of sp³-hybridized carbons (Fsp3) is 0.462. The highest BCUT2D eigenvalue weighted by atomic mass is 32.2. The van der Waals surface area contributed by atoms with Gasteiger partial charge in [-0.1, -0.05) is 6.42 Å². The van der Waals surface area contributed by atoms with Crippen molar-refractivity contribution < 1.29 is 22.7 Å². The second-order valence-corrected chi connectivity index (χ2v) is 6.77. The number of nitrogens with zero attached hydrogens (tertiary/aromatic N) is 1. The van der Waals surface area contributed by atoms with Gasteiger partial charge in [-0.3, -0.25) is 0 Å². The van der Waals surface area contributed by atoms with Crippen molar-refractivity contribution in [3.05, 3.63) is 29.6 Å². The maximum Gasteiger partial charge on any atom is 0.335 e. The summed E-state index contributed by atoms with van der Waals surface area (Å²) in [7, 11) is -3.92. The van der Waals surface area contributed by atoms with Crippen LogP contribution in [0.3, 0.4) is 0 Å². The number of hydrogen-bond acceptors (Lipinski definition) is 3. The molecule has 1 aromatic rings. The minimum Gasteiger partial charge on any atom is -0.478 e. The second kappa shape index (κ2) is 5.49. The fourth-order valence-electron chi connectivity index (χ4n) is 2.40. The van der Waals surface area contributed by atoms with Gasteiger partial charge in [-0.25, -0.2) is 17.6 Å². The Bertz CT molecular complexity index is 629. The molecule has 1 saturated heterocycles. The van der Waals surface area contributed by atoms with E-state index >= 15 is 0 Å². The lowest BCUT2D eigenvalue weighted by atomic mass is 10.1. The molecule has 20 heavy (non-hydrogen) atoms. The predicted molar refractivity (Wildman–Crippen MR) is 70.6 cm³/mol. The van der Waals surface area contributed by atoms with E-state index in [4.69, 9.17) is 5.11 Å². The van der Waals surface area contributed by atoms with Crippen molar-refractivity contribution in [1.82, 2.24) is 4.31 Å². The molecule has 0 bridgehead atoms. The average Bonchev–Trinajstić information content (AvgIpc) is 2.38. The maximum absolute atomic E-state index is 13.9. The quantitative estimate of drug-likeness (QED) is 0.927. The molecule has 0 radical (unpaired) electrons. The molecule has 7 heteroatoms. The molecule has 0 aromatic heterocycles. The topological polar surface area (TPSA) is 74.7 Å². The van der Waals surface area contributed by atoms with Gasteiger partial charge < -0.3 is 5.11 Å². The van der Waals surface area contributed by atoms with Crippen molar-refractivity contribution in [1.29, 1.82) is 0 Å². The molecule has 0 amide bonds. The van der Waals surface area contributed by atoms with E-state index in [0.29, 0.717) is 6.54 Å². The van der Waals surface area contributed by atoms with E-state index in [0.717, 1.165) is 37.5 Å². The van der Waals surface area contributed by atoms with Gasteiger partial charge in [0.25, 0.3) is 0 Å². The van der Waals surface area contributed by atoms with Crippen molar-refractivity contribution in [2.45, 2.75) is 37.1 Å². The van der Waals surface area contributed by atoms with Gasteiger partial charge in [0.05, 0.1) is 5.56 Å². The highest BCUT2D eigenvalue weighted by Gasteiger charge is 2.33. The zero-order valence-electron chi connectivity index (χ0n) is 11.0. The normalized spacial score (nSPS) is 20.8. The minimum atomic E-state index is -3.92. The van der Waals surface area contributed by atoms with Gasteiger partial charge in [0.15, 0.2) is 0 Å². The molecule has 1 aliphatic rings. The van der Waals surface area contributed by atoms with Crippen LogP contribution in [0.2, 0.25) is 0 Å². The summed E-state index contributed by atoms with van der Waals surface area (Å²) < 4.78 is 40.1. The smallest absolute Gasteiger partial charge is 0.335 e. The van der Waals surface area contributed by atoms with Gasteiger partial charge in [0.2, 0.25) is 10.0 Å². The Morgan fingerprint density at radius 3 is 2.65 bits per heavy atom. The van der Waals surface area contributed by atoms with Crippen LogP contribution in [0.1, 0.15) is 36.5 Å². The molecule has 0 saturated carbocycles. The largest absolute Gasteiger partial charge is 0.478 e. The number of carboxylic acids is 1. The number of rotatable bonds is 3. The van der Waals surface area contributed by atoms with Crippen LogP contribution in [-0.4, -0.2) is 36.4 Å². The fourth-order valence-corrected chi connectivity index (χ4v) is 4.14. The van der Waals surface area contributed by atoms with Crippen molar-refractivity contribution in [3.8, 4) is 0 Å². The van der Waals surface area contributed by atoms with E-state index < -0.39 is 26.7 Å². The molecule has 1 unspecified atom stereocenters. The van der Waals surface area contributed by atoms with Crippen LogP contribution >= 0.6 is 0 Å². The van der Waals surface area contributed by atoms with Crippen LogP contribution in [-0.2, 0) is 10.0 Å². The monoisotopic (exact) mass is 301 g/mol. The number of benzene rings is 1. The van der Waals surface area contributed by atoms with Gasteiger partial charge in [-0.15, -0.1) is 0 Å². The number of piperidine rings is 1. The zero-order chi connectivity index (χ0) is 14.9. The summed E-state index contributed by atoms with van der Waals surface area (Å²) in [6, 6.07) is 2.69. The average molecular weight is 301 g/mol. The standard InChI is InChI=1S/C13H16FNO4S/c1-9-4-2-3-7-15(9)20(18,19)12-6-5-10(13(16)17)8-11(12)14/h5-6,8-9H,2-4,7H2,1H3,(H,16,17). The highest BCUT2D eigenvalue weighted by Crippen LogP contribution is 2.27. The highest BCUT2D eigenvalue weighted by molar-refractivity contribution is 7.89. The Labute approximate surface area is 117 Å². The first-order valence-corrected chi connectivity index (χ1v) is 7.82. The van der Waals surface area contributed by atoms with Gasteiger partial charge in [-0.05, 0) is 38.0 Å². The van der Waals surface area contributed by atoms with E-state index in [9.17, 15) is 17.6 Å². The van der Waals surface area contributed by atoms with Gasteiger partial charge in [-0.2, -0.15) is 4.31 Å². The third-order valence-electron chi connectivity index (χ3n) is 3.51. The summed E-state index contributed by atoms with van der Waals surface area (Å²) >= 11 is 0. The molecule has 1 fully saturated rings. The van der Waals surface area contributed by atoms with Crippen molar-refractivity contribution >= 4 is 16.0 Å². The molecule has 1 atom stereocenters. The Kier molecular flexibility index (Phi) is 4.10. The molecule has 5 nitrogen and oxygen atoms in total. The second-order valence-electron chi connectivity index (χ2n) is 4.91. The lowest BCUT2D eigenvalue weighted by Gasteiger charge is -2.32. The number of halogens is 1. The first kappa shape index (κ1) is 14.9. The molecule has 0 aliphatic carbocycles. The van der Waals surface area contributed by atoms with E-state index in [-0.39, 0.29) is 11.6 Å². The third-order valence-corrected chi connectivity index (χ3v) is 5.55. The summed E-state index contributed by atoms with van der Waals surface area (Å²) in [5, 5.41) is 8.77. The summed E-state index contributed by atoms with van der Waals surface area (Å²) in [4.78, 5) is 10.3. The van der Waals surface area contributed by atoms with Crippen LogP contribution in [0.15, 0.2) is 23.1 Å². The molecule has 1 heterocycles. The SMILES string of the molecule is CC1CCCCN1S(=O)(=O)c1ccc(C(=O)O)cc1F. The number of hydrogen-bond donors (Lipinski definition) is 1. The molecular weight excluding hydrogens is 285 g/mol. The molecule has 110 valence electrons. The molecule has 0 spiro atoms. The number of sulfonamides is 1. The predicted octanol–water partition coefficient (Wildman–Crippen LogP) is 2.09. The summed E-state index contributed by atoms with van der Waals surface area (Å²) in [6.45, 7) is 2.16. The van der Waals surface area contributed by atoms with Gasteiger partial charge in [0.1, 0.15) is 10.7 Å². The van der Waals surface area contributed by atoms with Crippen LogP contribution in [0.25, 0.3) is 0 Å². The first-order valence-electron chi connectivity index (χ1n) is 6.38. The van der Waals surface area contributed by atoms with E-state index in [2.05, 4.69) is 0 Å². The molecule has 1 N–H and O–H groups in total. The van der Waals surface area contributed by atoms with Crippen molar-refractivity contribution in [2.75, 3.05) is 6.54 Å². The van der Waals surface area contributed by atoms with Crippen LogP contribution in [0, 0.1) is 5.82 Å². The lowest BCUT2D eigenvalue weighted by molar-refractivity contribution is 0.0696. The Morgan fingerprint density at radius 1 is 1.40 bits per heavy atom. The molecular formula is C13H16FNO4S. The lowest BCUT2D eigenvalue weighted by Crippen LogP contribution is -2.42. The van der Waals surface area contributed by atoms with Crippen LogP contribution in [0.5, 0.6) is 0 Å². The van der Waals surface area contributed by atoms with E-state index in [1.54, 1.807) is 6.92 Å². The van der Waals surface area contributed by atoms with Crippen LogP contribution in [0.4, 0.5) is 4.39 Å². The summed E-state index contributed by atoms with van der Waals surface area (Å²) in [6.07, 6.45) is 2.44. The minimum absolute atomic E-state index is 0.174. The Balaban J connectivity index is 2.41. The zero-order valence-corrected chi connectivity index (χ0v) is 11.9. The first-order chi connectivity index (χ1) is 9.34. The number of carbonyl (C=O) groups is 1. The molecule has 1 aliphatic heterocycles. The van der Waals surface area contributed by atoms with Crippen molar-refractivity contribution in [3.63, 3.8) is 0 Å². The third kappa shape index (κ3) is 2.69. The summed E-state index contributed by atoms with van der Waals surface area (Å²) in [5.41, 5.74) is -0.270. The van der Waals surface area contributed by atoms with Gasteiger partial charge in [0, 0.05) is 12.6 Å². The number of aromatic carboxylic acids is 1. The van der Waals surface area contributed by atoms with E-state index in [1.165, 1.54) is 4.31 Å². The Morgan fingerprint density at radius 2 is 2.10 bits per heavy atom. The number of carboxylic acid groups (broad SMARTS) is 1. The van der Waals surface area contributed by atoms with Crippen molar-refractivity contribution in [2.24, 2.45) is 0 Å². The molecule has 2 rings (SSSR count). The van der Waals surface area contributed by atoms with Crippen LogP contribution < -0.4 is 0 Å². The van der Waals surface area contributed by atoms with E-state index in [1.807, 2.05) is 0 Å². The van der Waals surface area contributed by atoms with Gasteiger partial charge >= 0.3 is 5.97 Å². The maximum atomic E-state index is 13.9. The molecule has 1 aromatic carbocycles.